The van der Waals surface area contributed by atoms with Gasteiger partial charge in [-0.05, 0) is 60.9 Å². The second kappa shape index (κ2) is 9.03. The molecule has 0 aliphatic heterocycles. The largest absolute Gasteiger partial charge is 0.340 e. The molecular formula is C25H23ClN6O. The molecule has 2 heterocycles. The van der Waals surface area contributed by atoms with Crippen molar-refractivity contribution in [1.29, 1.82) is 0 Å². The number of nitrogens with zero attached hydrogens (tertiary/aromatic N) is 4. The number of amides is 1. The van der Waals surface area contributed by atoms with E-state index in [0.717, 1.165) is 42.6 Å². The van der Waals surface area contributed by atoms with Crippen LogP contribution >= 0.6 is 11.6 Å². The average molecular weight is 459 g/mol. The second-order valence-corrected chi connectivity index (χ2v) is 8.60. The molecule has 2 aromatic heterocycles. The first-order valence-corrected chi connectivity index (χ1v) is 11.3. The molecule has 4 aromatic rings. The zero-order valence-electron chi connectivity index (χ0n) is 17.9. The molecule has 8 heteroatoms. The molecule has 1 amide bonds. The van der Waals surface area contributed by atoms with Gasteiger partial charge in [0.2, 0.25) is 5.91 Å². The minimum Gasteiger partial charge on any atom is -0.340 e. The van der Waals surface area contributed by atoms with Crippen LogP contribution in [0.15, 0.2) is 79.4 Å². The molecule has 1 fully saturated rings. The van der Waals surface area contributed by atoms with Gasteiger partial charge in [0, 0.05) is 34.9 Å². The van der Waals surface area contributed by atoms with E-state index in [2.05, 4.69) is 25.7 Å². The summed E-state index contributed by atoms with van der Waals surface area (Å²) in [7, 11) is 0. The highest BCUT2D eigenvalue weighted by atomic mass is 35.5. The number of hydrogen-bond donors (Lipinski definition) is 2. The number of halogens is 1. The molecule has 7 nitrogen and oxygen atoms in total. The lowest BCUT2D eigenvalue weighted by Gasteiger charge is -2.28. The molecule has 1 saturated carbocycles. The normalized spacial score (nSPS) is 14.7. The summed E-state index contributed by atoms with van der Waals surface area (Å²) in [5.41, 5.74) is 2.12. The number of rotatable bonds is 6. The number of anilines is 3. The first-order valence-electron chi connectivity index (χ1n) is 10.9. The van der Waals surface area contributed by atoms with Crippen molar-refractivity contribution in [1.82, 2.24) is 19.7 Å². The summed E-state index contributed by atoms with van der Waals surface area (Å²) in [5, 5.41) is 11.2. The lowest BCUT2D eigenvalue weighted by Crippen LogP contribution is -2.37. The van der Waals surface area contributed by atoms with Crippen LogP contribution in [0.3, 0.4) is 0 Å². The zero-order valence-corrected chi connectivity index (χ0v) is 18.7. The van der Waals surface area contributed by atoms with Crippen molar-refractivity contribution in [3.63, 3.8) is 0 Å². The average Bonchev–Trinajstić information content (AvgIpc) is 3.54. The zero-order chi connectivity index (χ0) is 22.7. The van der Waals surface area contributed by atoms with E-state index in [1.54, 1.807) is 10.9 Å². The molecule has 0 bridgehead atoms. The van der Waals surface area contributed by atoms with Crippen molar-refractivity contribution >= 4 is 34.7 Å². The quantitative estimate of drug-likeness (QED) is 0.398. The van der Waals surface area contributed by atoms with Crippen molar-refractivity contribution < 1.29 is 4.79 Å². The number of carbonyl (C=O) groups excluding carboxylic acids is 1. The summed E-state index contributed by atoms with van der Waals surface area (Å²) >= 11 is 6.06. The van der Waals surface area contributed by atoms with E-state index in [-0.39, 0.29) is 5.91 Å². The predicted molar refractivity (Wildman–Crippen MR) is 129 cm³/mol. The van der Waals surface area contributed by atoms with Gasteiger partial charge in [-0.15, -0.1) is 0 Å². The third kappa shape index (κ3) is 4.45. The fourth-order valence-electron chi connectivity index (χ4n) is 4.37. The van der Waals surface area contributed by atoms with Gasteiger partial charge in [0.15, 0.2) is 5.82 Å². The van der Waals surface area contributed by atoms with Crippen LogP contribution in [-0.4, -0.2) is 25.7 Å². The molecule has 166 valence electrons. The molecule has 33 heavy (non-hydrogen) atoms. The maximum Gasteiger partial charge on any atom is 0.235 e. The molecule has 0 atom stereocenters. The van der Waals surface area contributed by atoms with Gasteiger partial charge < -0.3 is 10.6 Å². The molecule has 0 saturated heterocycles. The molecule has 1 aliphatic rings. The monoisotopic (exact) mass is 458 g/mol. The van der Waals surface area contributed by atoms with Gasteiger partial charge in [0.05, 0.1) is 5.41 Å². The lowest BCUT2D eigenvalue weighted by atomic mass is 9.78. The highest BCUT2D eigenvalue weighted by Gasteiger charge is 2.42. The minimum atomic E-state index is -0.509. The predicted octanol–water partition coefficient (Wildman–Crippen LogP) is 5.51. The number of hydrogen-bond acceptors (Lipinski definition) is 5. The summed E-state index contributed by atoms with van der Waals surface area (Å²) in [6.07, 6.45) is 8.77. The third-order valence-electron chi connectivity index (χ3n) is 6.10. The molecule has 0 unspecified atom stereocenters. The van der Waals surface area contributed by atoms with Crippen molar-refractivity contribution in [2.75, 3.05) is 10.6 Å². The van der Waals surface area contributed by atoms with E-state index < -0.39 is 5.41 Å². The topological polar surface area (TPSA) is 84.7 Å². The molecule has 2 aromatic carbocycles. The first-order chi connectivity index (χ1) is 16.1. The van der Waals surface area contributed by atoms with E-state index >= 15 is 0 Å². The number of nitrogens with one attached hydrogen (secondary N) is 2. The highest BCUT2D eigenvalue weighted by Crippen LogP contribution is 2.42. The minimum absolute atomic E-state index is 0.0303. The Kier molecular flexibility index (Phi) is 5.79. The Morgan fingerprint density at radius 2 is 1.70 bits per heavy atom. The van der Waals surface area contributed by atoms with Gasteiger partial charge in [0.25, 0.3) is 0 Å². The van der Waals surface area contributed by atoms with Crippen LogP contribution in [0.1, 0.15) is 31.2 Å². The summed E-state index contributed by atoms with van der Waals surface area (Å²) in [6, 6.07) is 18.9. The fraction of sp³-hybridized carbons (Fsp3) is 0.200. The maximum atomic E-state index is 13.4. The van der Waals surface area contributed by atoms with Crippen LogP contribution in [-0.2, 0) is 10.2 Å². The van der Waals surface area contributed by atoms with Crippen LogP contribution < -0.4 is 10.6 Å². The van der Waals surface area contributed by atoms with Gasteiger partial charge in [-0.2, -0.15) is 5.10 Å². The number of aromatic nitrogens is 4. The smallest absolute Gasteiger partial charge is 0.235 e. The van der Waals surface area contributed by atoms with Crippen molar-refractivity contribution in [2.45, 2.75) is 31.1 Å². The molecule has 5 rings (SSSR count). The Morgan fingerprint density at radius 1 is 0.970 bits per heavy atom. The van der Waals surface area contributed by atoms with Crippen LogP contribution in [0.4, 0.5) is 17.2 Å². The van der Waals surface area contributed by atoms with Crippen molar-refractivity contribution in [3.8, 4) is 5.82 Å². The van der Waals surface area contributed by atoms with Crippen LogP contribution in [0.25, 0.3) is 5.82 Å². The van der Waals surface area contributed by atoms with E-state index in [4.69, 9.17) is 11.6 Å². The van der Waals surface area contributed by atoms with Gasteiger partial charge in [-0.1, -0.05) is 36.6 Å². The Labute approximate surface area is 196 Å². The van der Waals surface area contributed by atoms with Crippen LogP contribution in [0, 0.1) is 0 Å². The third-order valence-corrected chi connectivity index (χ3v) is 6.35. The molecular weight excluding hydrogens is 436 g/mol. The van der Waals surface area contributed by atoms with E-state index in [1.165, 1.54) is 6.33 Å². The SMILES string of the molecule is O=C(Nc1ccc(Nc2cc(-n3cccn3)ncn2)cc1)C1(c2ccc(Cl)cc2)CCCC1. The molecule has 2 N–H and O–H groups in total. The van der Waals surface area contributed by atoms with Crippen LogP contribution in [0.2, 0.25) is 5.02 Å². The first kappa shape index (κ1) is 21.2. The van der Waals surface area contributed by atoms with Crippen molar-refractivity contribution in [3.05, 3.63) is 90.0 Å². The Bertz CT molecular complexity index is 1230. The second-order valence-electron chi connectivity index (χ2n) is 8.16. The van der Waals surface area contributed by atoms with Gasteiger partial charge >= 0.3 is 0 Å². The summed E-state index contributed by atoms with van der Waals surface area (Å²) in [6.45, 7) is 0. The van der Waals surface area contributed by atoms with E-state index in [1.807, 2.05) is 66.9 Å². The lowest BCUT2D eigenvalue weighted by molar-refractivity contribution is -0.121. The van der Waals surface area contributed by atoms with Crippen molar-refractivity contribution in [2.24, 2.45) is 0 Å². The van der Waals surface area contributed by atoms with E-state index in [9.17, 15) is 4.79 Å². The molecule has 1 aliphatic carbocycles. The van der Waals surface area contributed by atoms with E-state index in [0.29, 0.717) is 16.7 Å². The molecule has 0 radical (unpaired) electrons. The van der Waals surface area contributed by atoms with Crippen LogP contribution in [0.5, 0.6) is 0 Å². The summed E-state index contributed by atoms with van der Waals surface area (Å²) in [5.74, 6) is 1.35. The van der Waals surface area contributed by atoms with Gasteiger partial charge in [0.1, 0.15) is 12.1 Å². The molecule has 0 spiro atoms. The fourth-order valence-corrected chi connectivity index (χ4v) is 4.50. The summed E-state index contributed by atoms with van der Waals surface area (Å²) < 4.78 is 1.67. The number of carbonyl (C=O) groups is 1. The Morgan fingerprint density at radius 3 is 2.39 bits per heavy atom. The van der Waals surface area contributed by atoms with Gasteiger partial charge in [-0.3, -0.25) is 4.79 Å². The standard InChI is InChI=1S/C25H23ClN6O/c26-19-6-4-18(5-7-19)25(12-1-2-13-25)24(33)31-21-10-8-20(9-11-21)30-22-16-23(28-17-27-22)32-15-3-14-29-32/h3-11,14-17H,1-2,12-13H2,(H,31,33)(H,27,28,30). The maximum absolute atomic E-state index is 13.4. The highest BCUT2D eigenvalue weighted by molar-refractivity contribution is 6.30. The Balaban J connectivity index is 1.29. The number of benzene rings is 2. The summed E-state index contributed by atoms with van der Waals surface area (Å²) in [4.78, 5) is 21.9. The van der Waals surface area contributed by atoms with Gasteiger partial charge in [-0.25, -0.2) is 14.6 Å². The Hall–Kier alpha value is -3.71.